The normalized spacial score (nSPS) is 10.5. The van der Waals surface area contributed by atoms with E-state index < -0.39 is 0 Å². The van der Waals surface area contributed by atoms with Crippen LogP contribution in [0.5, 0.6) is 0 Å². The second-order valence-corrected chi connectivity index (χ2v) is 5.80. The zero-order valence-electron chi connectivity index (χ0n) is 11.8. The highest BCUT2D eigenvalue weighted by atomic mass is 35.5. The molecule has 0 radical (unpaired) electrons. The molecule has 0 saturated heterocycles. The summed E-state index contributed by atoms with van der Waals surface area (Å²) in [5.74, 6) is -0.150. The standard InChI is InChI=1S/C16H16ClFN2S/c1-9-5-11(6-10(2)15(9)18)8-20-12-3-4-13(16(19)21)14(17)7-12/h3-7,20H,8H2,1-2H3,(H2,19,21). The smallest absolute Gasteiger partial charge is 0.129 e. The van der Waals surface area contributed by atoms with E-state index >= 15 is 0 Å². The molecule has 0 aliphatic carbocycles. The summed E-state index contributed by atoms with van der Waals surface area (Å²) in [7, 11) is 0. The molecule has 21 heavy (non-hydrogen) atoms. The zero-order chi connectivity index (χ0) is 15.6. The molecule has 0 fully saturated rings. The summed E-state index contributed by atoms with van der Waals surface area (Å²) in [5.41, 5.74) is 9.40. The molecule has 2 aromatic rings. The molecule has 110 valence electrons. The molecule has 0 saturated carbocycles. The van der Waals surface area contributed by atoms with Crippen molar-refractivity contribution >= 4 is 34.5 Å². The van der Waals surface area contributed by atoms with Gasteiger partial charge in [0.1, 0.15) is 10.8 Å². The summed E-state index contributed by atoms with van der Waals surface area (Å²) in [6, 6.07) is 9.09. The van der Waals surface area contributed by atoms with Crippen molar-refractivity contribution in [2.24, 2.45) is 5.73 Å². The van der Waals surface area contributed by atoms with E-state index in [2.05, 4.69) is 5.32 Å². The lowest BCUT2D eigenvalue weighted by molar-refractivity contribution is 0.608. The van der Waals surface area contributed by atoms with Crippen molar-refractivity contribution in [3.63, 3.8) is 0 Å². The molecule has 0 atom stereocenters. The van der Waals surface area contributed by atoms with Gasteiger partial charge in [-0.3, -0.25) is 0 Å². The quantitative estimate of drug-likeness (QED) is 0.822. The molecule has 5 heteroatoms. The Hall–Kier alpha value is -1.65. The van der Waals surface area contributed by atoms with Gasteiger partial charge in [-0.25, -0.2) is 4.39 Å². The Morgan fingerprint density at radius 1 is 1.24 bits per heavy atom. The van der Waals surface area contributed by atoms with Crippen LogP contribution < -0.4 is 11.1 Å². The molecule has 0 spiro atoms. The summed E-state index contributed by atoms with van der Waals surface area (Å²) in [4.78, 5) is 0.274. The number of anilines is 1. The van der Waals surface area contributed by atoms with Crippen molar-refractivity contribution in [2.75, 3.05) is 5.32 Å². The van der Waals surface area contributed by atoms with Gasteiger partial charge in [0, 0.05) is 17.8 Å². The summed E-state index contributed by atoms with van der Waals surface area (Å²) < 4.78 is 13.6. The van der Waals surface area contributed by atoms with Gasteiger partial charge < -0.3 is 11.1 Å². The number of aryl methyl sites for hydroxylation is 2. The molecular weight excluding hydrogens is 307 g/mol. The lowest BCUT2D eigenvalue weighted by Gasteiger charge is -2.11. The predicted molar refractivity (Wildman–Crippen MR) is 90.5 cm³/mol. The third-order valence-corrected chi connectivity index (χ3v) is 3.76. The second-order valence-electron chi connectivity index (χ2n) is 4.96. The van der Waals surface area contributed by atoms with Crippen molar-refractivity contribution in [3.8, 4) is 0 Å². The highest BCUT2D eigenvalue weighted by Crippen LogP contribution is 2.22. The summed E-state index contributed by atoms with van der Waals surface area (Å²) in [6.45, 7) is 4.12. The molecule has 3 N–H and O–H groups in total. The fourth-order valence-corrected chi connectivity index (χ4v) is 2.68. The van der Waals surface area contributed by atoms with E-state index in [9.17, 15) is 4.39 Å². The van der Waals surface area contributed by atoms with Crippen LogP contribution in [0.2, 0.25) is 5.02 Å². The van der Waals surface area contributed by atoms with E-state index in [0.29, 0.717) is 28.3 Å². The van der Waals surface area contributed by atoms with Gasteiger partial charge in [0.2, 0.25) is 0 Å². The first-order valence-corrected chi connectivity index (χ1v) is 7.26. The molecule has 2 aromatic carbocycles. The first-order valence-electron chi connectivity index (χ1n) is 6.47. The number of hydrogen-bond donors (Lipinski definition) is 2. The van der Waals surface area contributed by atoms with Crippen LogP contribution >= 0.6 is 23.8 Å². The van der Waals surface area contributed by atoms with E-state index in [1.54, 1.807) is 26.0 Å². The van der Waals surface area contributed by atoms with Crippen molar-refractivity contribution in [1.82, 2.24) is 0 Å². The molecule has 0 unspecified atom stereocenters. The number of rotatable bonds is 4. The summed E-state index contributed by atoms with van der Waals surface area (Å²) in [6.07, 6.45) is 0. The third kappa shape index (κ3) is 3.71. The maximum Gasteiger partial charge on any atom is 0.129 e. The Morgan fingerprint density at radius 3 is 2.38 bits per heavy atom. The van der Waals surface area contributed by atoms with E-state index in [0.717, 1.165) is 11.3 Å². The van der Waals surface area contributed by atoms with Gasteiger partial charge >= 0.3 is 0 Å². The first kappa shape index (κ1) is 15.7. The number of halogens is 2. The minimum absolute atomic E-state index is 0.150. The Bertz CT molecular complexity index is 678. The molecular formula is C16H16ClFN2S. The maximum absolute atomic E-state index is 13.6. The maximum atomic E-state index is 13.6. The average molecular weight is 323 g/mol. The van der Waals surface area contributed by atoms with Crippen LogP contribution in [0.15, 0.2) is 30.3 Å². The van der Waals surface area contributed by atoms with Gasteiger partial charge in [0.25, 0.3) is 0 Å². The fourth-order valence-electron chi connectivity index (χ4n) is 2.17. The molecule has 2 rings (SSSR count). The van der Waals surface area contributed by atoms with Gasteiger partial charge in [0.05, 0.1) is 5.02 Å². The summed E-state index contributed by atoms with van der Waals surface area (Å²) >= 11 is 11.0. The highest BCUT2D eigenvalue weighted by molar-refractivity contribution is 7.80. The third-order valence-electron chi connectivity index (χ3n) is 3.23. The minimum Gasteiger partial charge on any atom is -0.389 e. The lowest BCUT2D eigenvalue weighted by atomic mass is 10.1. The number of benzene rings is 2. The van der Waals surface area contributed by atoms with E-state index in [4.69, 9.17) is 29.6 Å². The van der Waals surface area contributed by atoms with Crippen molar-refractivity contribution in [1.29, 1.82) is 0 Å². The Labute approximate surface area is 134 Å². The van der Waals surface area contributed by atoms with E-state index in [-0.39, 0.29) is 10.8 Å². The number of nitrogens with one attached hydrogen (secondary N) is 1. The molecule has 0 bridgehead atoms. The average Bonchev–Trinajstić information content (AvgIpc) is 2.42. The Kier molecular flexibility index (Phi) is 4.80. The minimum atomic E-state index is -0.150. The SMILES string of the molecule is Cc1cc(CNc2ccc(C(N)=S)c(Cl)c2)cc(C)c1F. The molecule has 0 amide bonds. The van der Waals surface area contributed by atoms with Gasteiger partial charge in [-0.1, -0.05) is 36.0 Å². The monoisotopic (exact) mass is 322 g/mol. The van der Waals surface area contributed by atoms with Crippen LogP contribution in [0, 0.1) is 19.7 Å². The molecule has 0 heterocycles. The molecule has 0 aliphatic heterocycles. The van der Waals surface area contributed by atoms with Gasteiger partial charge in [-0.15, -0.1) is 0 Å². The molecule has 0 aromatic heterocycles. The molecule has 2 nitrogen and oxygen atoms in total. The van der Waals surface area contributed by atoms with Crippen LogP contribution in [0.25, 0.3) is 0 Å². The Morgan fingerprint density at radius 2 is 1.86 bits per heavy atom. The predicted octanol–water partition coefficient (Wildman–Crippen LogP) is 4.34. The van der Waals surface area contributed by atoms with Crippen LogP contribution in [-0.4, -0.2) is 4.99 Å². The first-order chi connectivity index (χ1) is 9.88. The van der Waals surface area contributed by atoms with Crippen molar-refractivity contribution < 1.29 is 4.39 Å². The molecule has 0 aliphatic rings. The highest BCUT2D eigenvalue weighted by Gasteiger charge is 2.06. The van der Waals surface area contributed by atoms with Gasteiger partial charge in [0.15, 0.2) is 0 Å². The van der Waals surface area contributed by atoms with Crippen LogP contribution in [0.3, 0.4) is 0 Å². The van der Waals surface area contributed by atoms with Crippen LogP contribution in [-0.2, 0) is 6.54 Å². The largest absolute Gasteiger partial charge is 0.389 e. The van der Waals surface area contributed by atoms with Crippen molar-refractivity contribution in [3.05, 3.63) is 63.4 Å². The Balaban J connectivity index is 2.13. The zero-order valence-corrected chi connectivity index (χ0v) is 13.4. The topological polar surface area (TPSA) is 38.0 Å². The van der Waals surface area contributed by atoms with Crippen LogP contribution in [0.1, 0.15) is 22.3 Å². The van der Waals surface area contributed by atoms with Crippen LogP contribution in [0.4, 0.5) is 10.1 Å². The fraction of sp³-hybridized carbons (Fsp3) is 0.188. The van der Waals surface area contributed by atoms with Gasteiger partial charge in [-0.2, -0.15) is 0 Å². The number of nitrogens with two attached hydrogens (primary N) is 1. The van der Waals surface area contributed by atoms with E-state index in [1.165, 1.54) is 0 Å². The van der Waals surface area contributed by atoms with Crippen molar-refractivity contribution in [2.45, 2.75) is 20.4 Å². The summed E-state index contributed by atoms with van der Waals surface area (Å²) in [5, 5.41) is 3.76. The number of hydrogen-bond acceptors (Lipinski definition) is 2. The number of thiocarbonyl (C=S) groups is 1. The van der Waals surface area contributed by atoms with Gasteiger partial charge in [-0.05, 0) is 48.7 Å². The lowest BCUT2D eigenvalue weighted by Crippen LogP contribution is -2.10. The van der Waals surface area contributed by atoms with E-state index in [1.807, 2.05) is 18.2 Å². The second kappa shape index (κ2) is 6.41.